The van der Waals surface area contributed by atoms with Gasteiger partial charge in [0, 0.05) is 32.8 Å². The van der Waals surface area contributed by atoms with Crippen molar-refractivity contribution in [1.82, 2.24) is 20.1 Å². The number of aromatic nitrogens is 3. The maximum absolute atomic E-state index is 11.7. The number of nitrogens with one attached hydrogen (secondary N) is 2. The van der Waals surface area contributed by atoms with Crippen molar-refractivity contribution < 1.29 is 14.3 Å². The van der Waals surface area contributed by atoms with Crippen molar-refractivity contribution in [2.24, 2.45) is 0 Å². The lowest BCUT2D eigenvalue weighted by molar-refractivity contribution is 0.0983. The maximum Gasteiger partial charge on any atom is 0.409 e. The molecule has 0 unspecified atom stereocenters. The van der Waals surface area contributed by atoms with E-state index in [1.165, 1.54) is 0 Å². The Morgan fingerprint density at radius 1 is 1.43 bits per heavy atom. The van der Waals surface area contributed by atoms with Gasteiger partial charge in [0.25, 0.3) is 0 Å². The molecule has 0 spiro atoms. The summed E-state index contributed by atoms with van der Waals surface area (Å²) in [6.45, 7) is 4.79. The molecule has 0 bridgehead atoms. The molecule has 0 atom stereocenters. The fourth-order valence-corrected chi connectivity index (χ4v) is 2.33. The minimum absolute atomic E-state index is 0.219. The third-order valence-corrected chi connectivity index (χ3v) is 3.53. The number of carbonyl (C=O) groups excluding carboxylic acids is 1. The molecular weight excluding hydrogens is 300 g/mol. The minimum Gasteiger partial charge on any atom is -0.450 e. The van der Waals surface area contributed by atoms with Gasteiger partial charge in [0.1, 0.15) is 0 Å². The summed E-state index contributed by atoms with van der Waals surface area (Å²) in [5.74, 6) is 1.14. The van der Waals surface area contributed by atoms with Crippen molar-refractivity contribution in [3.05, 3.63) is 6.20 Å². The molecule has 0 aromatic carbocycles. The number of anilines is 2. The molecule has 1 saturated heterocycles. The molecule has 1 aliphatic heterocycles. The molecule has 9 nitrogen and oxygen atoms in total. The molecule has 2 N–H and O–H groups in total. The Morgan fingerprint density at radius 2 is 2.22 bits per heavy atom. The van der Waals surface area contributed by atoms with E-state index in [1.54, 1.807) is 18.2 Å². The van der Waals surface area contributed by atoms with E-state index in [9.17, 15) is 4.79 Å². The van der Waals surface area contributed by atoms with Crippen LogP contribution < -0.4 is 10.6 Å². The van der Waals surface area contributed by atoms with Crippen LogP contribution in [0.4, 0.5) is 16.6 Å². The molecule has 1 aromatic rings. The predicted molar refractivity (Wildman–Crippen MR) is 85.4 cm³/mol. The zero-order valence-electron chi connectivity index (χ0n) is 13.6. The van der Waals surface area contributed by atoms with Crippen molar-refractivity contribution in [1.29, 1.82) is 0 Å². The minimum atomic E-state index is -0.242. The zero-order valence-corrected chi connectivity index (χ0v) is 13.6. The topological polar surface area (TPSA) is 102 Å². The number of ether oxygens (including phenoxy) is 2. The molecule has 2 rings (SSSR count). The average Bonchev–Trinajstić information content (AvgIpc) is 2.56. The monoisotopic (exact) mass is 324 g/mol. The number of piperidine rings is 1. The van der Waals surface area contributed by atoms with Crippen molar-refractivity contribution in [3.8, 4) is 0 Å². The third kappa shape index (κ3) is 5.51. The van der Waals surface area contributed by atoms with Crippen LogP contribution in [0.25, 0.3) is 0 Å². The van der Waals surface area contributed by atoms with Gasteiger partial charge in [-0.1, -0.05) is 0 Å². The molecule has 1 fully saturated rings. The standard InChI is InChI=1S/C14H24N6O3/c1-3-23-14(21)20-7-4-11(5-8-20)17-13-18-12(10-16-19-13)15-6-9-22-2/h10-11H,3-9H2,1-2H3,(H2,15,17,18,19). The van der Waals surface area contributed by atoms with Gasteiger partial charge in [-0.25, -0.2) is 4.79 Å². The number of carbonyl (C=O) groups is 1. The number of hydrogen-bond donors (Lipinski definition) is 2. The first kappa shape index (κ1) is 17.2. The van der Waals surface area contributed by atoms with E-state index in [-0.39, 0.29) is 12.1 Å². The Balaban J connectivity index is 1.79. The molecule has 0 aliphatic carbocycles. The lowest BCUT2D eigenvalue weighted by Gasteiger charge is -2.31. The third-order valence-electron chi connectivity index (χ3n) is 3.53. The van der Waals surface area contributed by atoms with Gasteiger partial charge in [0.15, 0.2) is 5.82 Å². The highest BCUT2D eigenvalue weighted by atomic mass is 16.6. The highest BCUT2D eigenvalue weighted by Crippen LogP contribution is 2.15. The van der Waals surface area contributed by atoms with Crippen molar-refractivity contribution in [2.45, 2.75) is 25.8 Å². The first-order chi connectivity index (χ1) is 11.2. The maximum atomic E-state index is 11.7. The fourth-order valence-electron chi connectivity index (χ4n) is 2.33. The van der Waals surface area contributed by atoms with Crippen LogP contribution in [0.15, 0.2) is 6.20 Å². The summed E-state index contributed by atoms with van der Waals surface area (Å²) in [6, 6.07) is 0.219. The molecule has 1 aromatic heterocycles. The van der Waals surface area contributed by atoms with Gasteiger partial charge in [-0.15, -0.1) is 5.10 Å². The van der Waals surface area contributed by atoms with Gasteiger partial charge < -0.3 is 25.0 Å². The van der Waals surface area contributed by atoms with E-state index in [2.05, 4.69) is 25.8 Å². The Hall–Kier alpha value is -2.16. The molecule has 1 aliphatic rings. The summed E-state index contributed by atoms with van der Waals surface area (Å²) >= 11 is 0. The quantitative estimate of drug-likeness (QED) is 0.715. The van der Waals surface area contributed by atoms with Gasteiger partial charge >= 0.3 is 6.09 Å². The van der Waals surface area contributed by atoms with Crippen molar-refractivity contribution >= 4 is 17.9 Å². The van der Waals surface area contributed by atoms with E-state index in [1.807, 2.05) is 6.92 Å². The normalized spacial score (nSPS) is 15.3. The molecule has 0 radical (unpaired) electrons. The highest BCUT2D eigenvalue weighted by Gasteiger charge is 2.24. The molecular formula is C14H24N6O3. The number of hydrogen-bond acceptors (Lipinski definition) is 8. The van der Waals surface area contributed by atoms with Gasteiger partial charge in [-0.3, -0.25) is 0 Å². The Bertz CT molecular complexity index is 493. The summed E-state index contributed by atoms with van der Waals surface area (Å²) in [5, 5.41) is 14.3. The number of likely N-dealkylation sites (tertiary alicyclic amines) is 1. The van der Waals surface area contributed by atoms with Gasteiger partial charge in [-0.2, -0.15) is 10.1 Å². The Morgan fingerprint density at radius 3 is 2.91 bits per heavy atom. The lowest BCUT2D eigenvalue weighted by Crippen LogP contribution is -2.42. The molecule has 128 valence electrons. The van der Waals surface area contributed by atoms with Crippen LogP contribution in [0.5, 0.6) is 0 Å². The number of nitrogens with zero attached hydrogens (tertiary/aromatic N) is 4. The average molecular weight is 324 g/mol. The van der Waals surface area contributed by atoms with Crippen LogP contribution in [-0.4, -0.2) is 72.2 Å². The SMILES string of the molecule is CCOC(=O)N1CCC(Nc2nncc(NCCOC)n2)CC1. The Labute approximate surface area is 135 Å². The first-order valence-corrected chi connectivity index (χ1v) is 7.83. The highest BCUT2D eigenvalue weighted by molar-refractivity contribution is 5.67. The largest absolute Gasteiger partial charge is 0.450 e. The first-order valence-electron chi connectivity index (χ1n) is 7.83. The summed E-state index contributed by atoms with van der Waals surface area (Å²) in [6.07, 6.45) is 2.98. The number of rotatable bonds is 7. The van der Waals surface area contributed by atoms with Crippen LogP contribution in [0.2, 0.25) is 0 Å². The van der Waals surface area contributed by atoms with E-state index in [0.717, 1.165) is 12.8 Å². The number of methoxy groups -OCH3 is 1. The van der Waals surface area contributed by atoms with Crippen LogP contribution in [0.1, 0.15) is 19.8 Å². The molecule has 1 amide bonds. The van der Waals surface area contributed by atoms with Crippen LogP contribution in [0.3, 0.4) is 0 Å². The zero-order chi connectivity index (χ0) is 16.5. The molecule has 0 saturated carbocycles. The number of amides is 1. The summed E-state index contributed by atoms with van der Waals surface area (Å²) in [5.41, 5.74) is 0. The van der Waals surface area contributed by atoms with Crippen LogP contribution in [0, 0.1) is 0 Å². The molecule has 23 heavy (non-hydrogen) atoms. The fraction of sp³-hybridized carbons (Fsp3) is 0.714. The van der Waals surface area contributed by atoms with Gasteiger partial charge in [-0.05, 0) is 19.8 Å². The lowest BCUT2D eigenvalue weighted by atomic mass is 10.1. The van der Waals surface area contributed by atoms with E-state index < -0.39 is 0 Å². The van der Waals surface area contributed by atoms with Crippen molar-refractivity contribution in [3.63, 3.8) is 0 Å². The van der Waals surface area contributed by atoms with Crippen molar-refractivity contribution in [2.75, 3.05) is 50.6 Å². The molecule has 9 heteroatoms. The van der Waals surface area contributed by atoms with E-state index in [4.69, 9.17) is 9.47 Å². The van der Waals surface area contributed by atoms with Crippen LogP contribution >= 0.6 is 0 Å². The van der Waals surface area contributed by atoms with Gasteiger partial charge in [0.2, 0.25) is 5.95 Å². The second-order valence-electron chi connectivity index (χ2n) is 5.19. The second-order valence-corrected chi connectivity index (χ2v) is 5.19. The summed E-state index contributed by atoms with van der Waals surface area (Å²) in [7, 11) is 1.65. The van der Waals surface area contributed by atoms with Crippen LogP contribution in [-0.2, 0) is 9.47 Å². The molecule has 2 heterocycles. The Kier molecular flexibility index (Phi) is 6.79. The van der Waals surface area contributed by atoms with E-state index >= 15 is 0 Å². The van der Waals surface area contributed by atoms with E-state index in [0.29, 0.717) is 44.6 Å². The predicted octanol–water partition coefficient (Wildman–Crippen LogP) is 0.963. The smallest absolute Gasteiger partial charge is 0.409 e. The second kappa shape index (κ2) is 9.09. The summed E-state index contributed by atoms with van der Waals surface area (Å²) in [4.78, 5) is 17.8. The summed E-state index contributed by atoms with van der Waals surface area (Å²) < 4.78 is 9.99. The van der Waals surface area contributed by atoms with Gasteiger partial charge in [0.05, 0.1) is 19.4 Å².